The lowest BCUT2D eigenvalue weighted by molar-refractivity contribution is 0.102. The van der Waals surface area contributed by atoms with Crippen molar-refractivity contribution in [2.45, 2.75) is 0 Å². The van der Waals surface area contributed by atoms with E-state index < -0.39 is 11.7 Å². The number of carbonyl (C=O) groups is 1. The van der Waals surface area contributed by atoms with Crippen molar-refractivity contribution in [1.29, 1.82) is 5.26 Å². The molecule has 0 aliphatic rings. The fraction of sp³-hybridized carbons (Fsp3) is 0.0714. The van der Waals surface area contributed by atoms with Crippen LogP contribution < -0.4 is 10.6 Å². The van der Waals surface area contributed by atoms with Gasteiger partial charge >= 0.3 is 0 Å². The Hall–Kier alpha value is -2.65. The van der Waals surface area contributed by atoms with E-state index in [0.717, 1.165) is 6.07 Å². The fourth-order valence-electron chi connectivity index (χ4n) is 1.64. The SMILES string of the molecule is CNc1ncc(C(=O)Nc2ccc(F)c(C#N)c2)cc1Cl. The van der Waals surface area contributed by atoms with Crippen LogP contribution in [0.3, 0.4) is 0 Å². The van der Waals surface area contributed by atoms with E-state index in [1.807, 2.05) is 0 Å². The number of hydrogen-bond acceptors (Lipinski definition) is 4. The van der Waals surface area contributed by atoms with E-state index in [1.54, 1.807) is 13.1 Å². The highest BCUT2D eigenvalue weighted by Crippen LogP contribution is 2.20. The first-order chi connectivity index (χ1) is 10.0. The van der Waals surface area contributed by atoms with Gasteiger partial charge in [0.15, 0.2) is 0 Å². The lowest BCUT2D eigenvalue weighted by atomic mass is 10.2. The number of anilines is 2. The van der Waals surface area contributed by atoms with E-state index in [0.29, 0.717) is 16.5 Å². The van der Waals surface area contributed by atoms with Gasteiger partial charge in [0.05, 0.1) is 16.1 Å². The molecule has 0 saturated heterocycles. The van der Waals surface area contributed by atoms with Crippen LogP contribution in [-0.2, 0) is 0 Å². The quantitative estimate of drug-likeness (QED) is 0.913. The molecule has 2 aromatic rings. The largest absolute Gasteiger partial charge is 0.372 e. The van der Waals surface area contributed by atoms with E-state index in [4.69, 9.17) is 16.9 Å². The summed E-state index contributed by atoms with van der Waals surface area (Å²) in [7, 11) is 1.66. The van der Waals surface area contributed by atoms with Crippen molar-refractivity contribution < 1.29 is 9.18 Å². The van der Waals surface area contributed by atoms with Gasteiger partial charge in [-0.3, -0.25) is 4.79 Å². The van der Waals surface area contributed by atoms with Crippen molar-refractivity contribution in [2.24, 2.45) is 0 Å². The number of nitrogens with one attached hydrogen (secondary N) is 2. The molecule has 106 valence electrons. The molecule has 0 aliphatic carbocycles. The van der Waals surface area contributed by atoms with E-state index in [9.17, 15) is 9.18 Å². The first kappa shape index (κ1) is 14.8. The lowest BCUT2D eigenvalue weighted by Crippen LogP contribution is -2.13. The van der Waals surface area contributed by atoms with Crippen LogP contribution in [0.15, 0.2) is 30.5 Å². The Kier molecular flexibility index (Phi) is 4.36. The molecule has 0 aliphatic heterocycles. The van der Waals surface area contributed by atoms with Crippen molar-refractivity contribution in [2.75, 3.05) is 17.7 Å². The van der Waals surface area contributed by atoms with Crippen LogP contribution in [0.5, 0.6) is 0 Å². The molecule has 0 saturated carbocycles. The molecule has 0 fully saturated rings. The van der Waals surface area contributed by atoms with Crippen molar-refractivity contribution in [1.82, 2.24) is 4.98 Å². The number of halogens is 2. The minimum absolute atomic E-state index is 0.144. The molecular formula is C14H10ClFN4O. The van der Waals surface area contributed by atoms with Crippen molar-refractivity contribution in [3.8, 4) is 6.07 Å². The lowest BCUT2D eigenvalue weighted by Gasteiger charge is -2.07. The second-order valence-corrected chi connectivity index (χ2v) is 4.47. The topological polar surface area (TPSA) is 77.8 Å². The highest BCUT2D eigenvalue weighted by Gasteiger charge is 2.11. The molecule has 2 N–H and O–H groups in total. The van der Waals surface area contributed by atoms with Gasteiger partial charge in [0.2, 0.25) is 0 Å². The Labute approximate surface area is 125 Å². The monoisotopic (exact) mass is 304 g/mol. The zero-order valence-corrected chi connectivity index (χ0v) is 11.7. The summed E-state index contributed by atoms with van der Waals surface area (Å²) in [4.78, 5) is 16.0. The molecule has 2 rings (SSSR count). The summed E-state index contributed by atoms with van der Waals surface area (Å²) >= 11 is 5.95. The summed E-state index contributed by atoms with van der Waals surface area (Å²) in [5, 5.41) is 14.4. The van der Waals surface area contributed by atoms with Crippen LogP contribution in [0.2, 0.25) is 5.02 Å². The van der Waals surface area contributed by atoms with Gasteiger partial charge in [0, 0.05) is 18.9 Å². The van der Waals surface area contributed by atoms with E-state index in [2.05, 4.69) is 15.6 Å². The molecule has 7 heteroatoms. The third-order valence-corrected chi connectivity index (χ3v) is 2.97. The molecule has 1 aromatic heterocycles. The Morgan fingerprint density at radius 2 is 2.19 bits per heavy atom. The number of rotatable bonds is 3. The van der Waals surface area contributed by atoms with Crippen molar-refractivity contribution >= 4 is 29.0 Å². The van der Waals surface area contributed by atoms with Crippen molar-refractivity contribution in [3.63, 3.8) is 0 Å². The maximum atomic E-state index is 13.2. The van der Waals surface area contributed by atoms with Gasteiger partial charge < -0.3 is 10.6 Å². The summed E-state index contributed by atoms with van der Waals surface area (Å²) in [6.07, 6.45) is 1.36. The molecule has 0 unspecified atom stereocenters. The van der Waals surface area contributed by atoms with Crippen LogP contribution in [0, 0.1) is 17.1 Å². The van der Waals surface area contributed by atoms with Gasteiger partial charge in [0.1, 0.15) is 17.7 Å². The molecule has 1 amide bonds. The Bertz CT molecular complexity index is 742. The maximum Gasteiger partial charge on any atom is 0.257 e. The average Bonchev–Trinajstić information content (AvgIpc) is 2.49. The normalized spacial score (nSPS) is 9.81. The smallest absolute Gasteiger partial charge is 0.257 e. The van der Waals surface area contributed by atoms with Gasteiger partial charge in [0.25, 0.3) is 5.91 Å². The zero-order valence-electron chi connectivity index (χ0n) is 10.9. The second kappa shape index (κ2) is 6.20. The van der Waals surface area contributed by atoms with Crippen molar-refractivity contribution in [3.05, 3.63) is 52.4 Å². The van der Waals surface area contributed by atoms with Crippen LogP contribution >= 0.6 is 11.6 Å². The van der Waals surface area contributed by atoms with Gasteiger partial charge in [-0.05, 0) is 24.3 Å². The number of nitrogens with zero attached hydrogens (tertiary/aromatic N) is 2. The summed E-state index contributed by atoms with van der Waals surface area (Å²) in [6, 6.07) is 6.90. The third-order valence-electron chi connectivity index (χ3n) is 2.68. The summed E-state index contributed by atoms with van der Waals surface area (Å²) < 4.78 is 13.2. The zero-order chi connectivity index (χ0) is 15.4. The fourth-order valence-corrected chi connectivity index (χ4v) is 1.90. The van der Waals surface area contributed by atoms with Gasteiger partial charge in [-0.15, -0.1) is 0 Å². The molecule has 0 bridgehead atoms. The third kappa shape index (κ3) is 3.27. The maximum absolute atomic E-state index is 13.2. The second-order valence-electron chi connectivity index (χ2n) is 4.06. The molecule has 0 radical (unpaired) electrons. The van der Waals surface area contributed by atoms with Gasteiger partial charge in [-0.1, -0.05) is 11.6 Å². The molecular weight excluding hydrogens is 295 g/mol. The minimum atomic E-state index is -0.640. The van der Waals surface area contributed by atoms with Crippen LogP contribution in [0.25, 0.3) is 0 Å². The number of aromatic nitrogens is 1. The van der Waals surface area contributed by atoms with Gasteiger partial charge in [-0.25, -0.2) is 9.37 Å². The molecule has 5 nitrogen and oxygen atoms in total. The van der Waals surface area contributed by atoms with Crippen LogP contribution in [0.4, 0.5) is 15.9 Å². The van der Waals surface area contributed by atoms with Crippen LogP contribution in [0.1, 0.15) is 15.9 Å². The molecule has 0 spiro atoms. The number of pyridine rings is 1. The van der Waals surface area contributed by atoms with Crippen LogP contribution in [-0.4, -0.2) is 17.9 Å². The summed E-state index contributed by atoms with van der Waals surface area (Å²) in [5.74, 6) is -0.636. The first-order valence-corrected chi connectivity index (χ1v) is 6.27. The van der Waals surface area contributed by atoms with Gasteiger partial charge in [-0.2, -0.15) is 5.26 Å². The predicted octanol–water partition coefficient (Wildman–Crippen LogP) is 3.04. The highest BCUT2D eigenvalue weighted by atomic mass is 35.5. The van der Waals surface area contributed by atoms with E-state index >= 15 is 0 Å². The molecule has 1 aromatic carbocycles. The number of hydrogen-bond donors (Lipinski definition) is 2. The van der Waals surface area contributed by atoms with E-state index in [1.165, 1.54) is 24.4 Å². The summed E-state index contributed by atoms with van der Waals surface area (Å²) in [5.41, 5.74) is 0.420. The average molecular weight is 305 g/mol. The standard InChI is InChI=1S/C14H10ClFN4O/c1-18-13-11(15)5-9(7-19-13)14(21)20-10-2-3-12(16)8(4-10)6-17/h2-5,7H,1H3,(H,18,19)(H,20,21). The number of amides is 1. The Morgan fingerprint density at radius 1 is 1.43 bits per heavy atom. The number of carbonyl (C=O) groups excluding carboxylic acids is 1. The Balaban J connectivity index is 2.22. The number of benzene rings is 1. The molecule has 0 atom stereocenters. The number of nitriles is 1. The minimum Gasteiger partial charge on any atom is -0.372 e. The predicted molar refractivity (Wildman–Crippen MR) is 77.9 cm³/mol. The molecule has 1 heterocycles. The molecule has 21 heavy (non-hydrogen) atoms. The first-order valence-electron chi connectivity index (χ1n) is 5.89. The summed E-state index contributed by atoms with van der Waals surface area (Å²) in [6.45, 7) is 0. The Morgan fingerprint density at radius 3 is 2.81 bits per heavy atom. The van der Waals surface area contributed by atoms with E-state index in [-0.39, 0.29) is 11.1 Å². The highest BCUT2D eigenvalue weighted by molar-refractivity contribution is 6.33.